The van der Waals surface area contributed by atoms with Crippen LogP contribution < -0.4 is 5.73 Å². The van der Waals surface area contributed by atoms with E-state index >= 15 is 0 Å². The Balaban J connectivity index is 1.94. The fourth-order valence-corrected chi connectivity index (χ4v) is 3.71. The number of ether oxygens (including phenoxy) is 1. The van der Waals surface area contributed by atoms with Gasteiger partial charge in [0, 0.05) is 23.4 Å². The van der Waals surface area contributed by atoms with Gasteiger partial charge in [0.15, 0.2) is 0 Å². The van der Waals surface area contributed by atoms with E-state index in [0.29, 0.717) is 12.0 Å². The highest BCUT2D eigenvalue weighted by Crippen LogP contribution is 2.28. The zero-order valence-corrected chi connectivity index (χ0v) is 11.2. The molecule has 3 unspecified atom stereocenters. The number of thiophene rings is 1. The van der Waals surface area contributed by atoms with Gasteiger partial charge in [-0.1, -0.05) is 0 Å². The molecule has 1 fully saturated rings. The number of halogens is 1. The third-order valence-electron chi connectivity index (χ3n) is 3.05. The standard InChI is InChI=1S/C11H16BrNOS/c1-7-9(4-5-14-7)10(13)6-8-2-3-11(12)15-8/h2-3,7,9-10H,4-6,13H2,1H3. The van der Waals surface area contributed by atoms with Crippen LogP contribution in [0.15, 0.2) is 15.9 Å². The van der Waals surface area contributed by atoms with Gasteiger partial charge in [-0.3, -0.25) is 0 Å². The summed E-state index contributed by atoms with van der Waals surface area (Å²) < 4.78 is 6.72. The summed E-state index contributed by atoms with van der Waals surface area (Å²) in [6.45, 7) is 3.00. The zero-order chi connectivity index (χ0) is 10.8. The van der Waals surface area contributed by atoms with Crippen LogP contribution >= 0.6 is 27.3 Å². The first kappa shape index (κ1) is 11.6. The fraction of sp³-hybridized carbons (Fsp3) is 0.636. The van der Waals surface area contributed by atoms with Gasteiger partial charge < -0.3 is 10.5 Å². The van der Waals surface area contributed by atoms with Gasteiger partial charge in [0.25, 0.3) is 0 Å². The summed E-state index contributed by atoms with van der Waals surface area (Å²) in [4.78, 5) is 1.36. The van der Waals surface area contributed by atoms with Crippen LogP contribution in [0.25, 0.3) is 0 Å². The van der Waals surface area contributed by atoms with Gasteiger partial charge in [-0.2, -0.15) is 0 Å². The minimum absolute atomic E-state index is 0.230. The van der Waals surface area contributed by atoms with Crippen LogP contribution in [0, 0.1) is 5.92 Å². The summed E-state index contributed by atoms with van der Waals surface area (Å²) in [5.74, 6) is 0.519. The maximum Gasteiger partial charge on any atom is 0.0701 e. The van der Waals surface area contributed by atoms with Crippen LogP contribution in [0.2, 0.25) is 0 Å². The summed E-state index contributed by atoms with van der Waals surface area (Å²) in [6.07, 6.45) is 2.40. The third-order valence-corrected chi connectivity index (χ3v) is 4.70. The zero-order valence-electron chi connectivity index (χ0n) is 8.78. The van der Waals surface area contributed by atoms with E-state index in [-0.39, 0.29) is 6.04 Å². The molecule has 0 saturated carbocycles. The molecule has 0 amide bonds. The van der Waals surface area contributed by atoms with Crippen LogP contribution in [0.1, 0.15) is 18.2 Å². The molecule has 3 atom stereocenters. The molecule has 0 spiro atoms. The predicted octanol–water partition coefficient (Wildman–Crippen LogP) is 2.81. The lowest BCUT2D eigenvalue weighted by atomic mass is 9.91. The quantitative estimate of drug-likeness (QED) is 0.929. The van der Waals surface area contributed by atoms with E-state index < -0.39 is 0 Å². The van der Waals surface area contributed by atoms with Crippen LogP contribution in [0.4, 0.5) is 0 Å². The number of hydrogen-bond acceptors (Lipinski definition) is 3. The second kappa shape index (κ2) is 4.95. The average Bonchev–Trinajstić information content (AvgIpc) is 2.75. The Bertz CT molecular complexity index is 328. The molecule has 0 bridgehead atoms. The Morgan fingerprint density at radius 3 is 3.00 bits per heavy atom. The average molecular weight is 290 g/mol. The normalized spacial score (nSPS) is 28.2. The van der Waals surface area contributed by atoms with E-state index in [4.69, 9.17) is 10.5 Å². The summed E-state index contributed by atoms with van der Waals surface area (Å²) in [5.41, 5.74) is 6.22. The highest BCUT2D eigenvalue weighted by Gasteiger charge is 2.29. The molecule has 2 nitrogen and oxygen atoms in total. The van der Waals surface area contributed by atoms with E-state index in [1.807, 2.05) is 0 Å². The molecule has 0 aromatic carbocycles. The van der Waals surface area contributed by atoms with Gasteiger partial charge in [0.05, 0.1) is 9.89 Å². The van der Waals surface area contributed by atoms with E-state index in [1.54, 1.807) is 11.3 Å². The number of hydrogen-bond donors (Lipinski definition) is 1. The number of rotatable bonds is 3. The first-order chi connectivity index (χ1) is 7.16. The SMILES string of the molecule is CC1OCCC1C(N)Cc1ccc(Br)s1. The maximum atomic E-state index is 6.22. The molecule has 84 valence electrons. The van der Waals surface area contributed by atoms with Crippen LogP contribution in [-0.2, 0) is 11.2 Å². The second-order valence-corrected chi connectivity index (χ2v) is 6.65. The van der Waals surface area contributed by atoms with Crippen LogP contribution in [0.5, 0.6) is 0 Å². The molecule has 1 aliphatic heterocycles. The van der Waals surface area contributed by atoms with Crippen molar-refractivity contribution in [2.24, 2.45) is 11.7 Å². The predicted molar refractivity (Wildman–Crippen MR) is 67.2 cm³/mol. The third kappa shape index (κ3) is 2.81. The van der Waals surface area contributed by atoms with Crippen molar-refractivity contribution in [1.29, 1.82) is 0 Å². The molecule has 1 saturated heterocycles. The topological polar surface area (TPSA) is 35.2 Å². The molecule has 1 aromatic heterocycles. The molecule has 0 aliphatic carbocycles. The van der Waals surface area contributed by atoms with Gasteiger partial charge >= 0.3 is 0 Å². The largest absolute Gasteiger partial charge is 0.378 e. The number of nitrogens with two attached hydrogens (primary N) is 1. The first-order valence-electron chi connectivity index (χ1n) is 5.28. The summed E-state index contributed by atoms with van der Waals surface area (Å²) in [7, 11) is 0. The molecule has 2 rings (SSSR count). The Morgan fingerprint density at radius 1 is 1.67 bits per heavy atom. The van der Waals surface area contributed by atoms with Gasteiger partial charge in [0.2, 0.25) is 0 Å². The van der Waals surface area contributed by atoms with E-state index in [2.05, 4.69) is 35.0 Å². The summed E-state index contributed by atoms with van der Waals surface area (Å²) in [6, 6.07) is 4.46. The van der Waals surface area contributed by atoms with Crippen molar-refractivity contribution in [3.05, 3.63) is 20.8 Å². The van der Waals surface area contributed by atoms with Crippen LogP contribution in [0.3, 0.4) is 0 Å². The highest BCUT2D eigenvalue weighted by molar-refractivity contribution is 9.11. The van der Waals surface area contributed by atoms with Gasteiger partial charge in [0.1, 0.15) is 0 Å². The van der Waals surface area contributed by atoms with E-state index in [1.165, 1.54) is 8.66 Å². The van der Waals surface area contributed by atoms with Gasteiger partial charge in [-0.05, 0) is 47.8 Å². The van der Waals surface area contributed by atoms with Crippen LogP contribution in [-0.4, -0.2) is 18.8 Å². The summed E-state index contributed by atoms with van der Waals surface area (Å²) >= 11 is 5.24. The maximum absolute atomic E-state index is 6.22. The Kier molecular flexibility index (Phi) is 3.83. The fourth-order valence-electron chi connectivity index (χ4n) is 2.16. The smallest absolute Gasteiger partial charge is 0.0701 e. The van der Waals surface area contributed by atoms with Crippen molar-refractivity contribution in [2.75, 3.05) is 6.61 Å². The van der Waals surface area contributed by atoms with Crippen molar-refractivity contribution in [3.63, 3.8) is 0 Å². The van der Waals surface area contributed by atoms with E-state index in [0.717, 1.165) is 19.4 Å². The Hall–Kier alpha value is 0.1000. The molecule has 15 heavy (non-hydrogen) atoms. The molecule has 0 radical (unpaired) electrons. The van der Waals surface area contributed by atoms with Crippen molar-refractivity contribution in [2.45, 2.75) is 31.9 Å². The van der Waals surface area contributed by atoms with Crippen molar-refractivity contribution in [1.82, 2.24) is 0 Å². The van der Waals surface area contributed by atoms with Crippen molar-refractivity contribution >= 4 is 27.3 Å². The van der Waals surface area contributed by atoms with Gasteiger partial charge in [-0.25, -0.2) is 0 Å². The molecule has 1 aromatic rings. The second-order valence-electron chi connectivity index (χ2n) is 4.10. The first-order valence-corrected chi connectivity index (χ1v) is 6.89. The monoisotopic (exact) mass is 289 g/mol. The molecule has 4 heteroatoms. The lowest BCUT2D eigenvalue weighted by Crippen LogP contribution is -2.35. The molecule has 1 aliphatic rings. The van der Waals surface area contributed by atoms with Crippen molar-refractivity contribution < 1.29 is 4.74 Å². The van der Waals surface area contributed by atoms with E-state index in [9.17, 15) is 0 Å². The molecule has 2 heterocycles. The molecular formula is C11H16BrNOS. The summed E-state index contributed by atoms with van der Waals surface area (Å²) in [5, 5.41) is 0. The van der Waals surface area contributed by atoms with Crippen molar-refractivity contribution in [3.8, 4) is 0 Å². The Labute approximate surface area is 103 Å². The minimum atomic E-state index is 0.230. The minimum Gasteiger partial charge on any atom is -0.378 e. The Morgan fingerprint density at radius 2 is 2.47 bits per heavy atom. The van der Waals surface area contributed by atoms with Gasteiger partial charge in [-0.15, -0.1) is 11.3 Å². The lowest BCUT2D eigenvalue weighted by molar-refractivity contribution is 0.0995. The molecule has 2 N–H and O–H groups in total. The highest BCUT2D eigenvalue weighted by atomic mass is 79.9. The lowest BCUT2D eigenvalue weighted by Gasteiger charge is -2.21. The molecular weight excluding hydrogens is 274 g/mol.